The molecule has 3 rings (SSSR count). The molecule has 2 N–H and O–H groups in total. The Morgan fingerprint density at radius 2 is 2.14 bits per heavy atom. The minimum Gasteiger partial charge on any atom is -0.497 e. The Balaban J connectivity index is 2.12. The smallest absolute Gasteiger partial charge is 0.186 e. The van der Waals surface area contributed by atoms with E-state index in [1.54, 1.807) is 18.4 Å². The highest BCUT2D eigenvalue weighted by molar-refractivity contribution is 7.15. The molecule has 1 aromatic carbocycles. The molecule has 0 spiro atoms. The van der Waals surface area contributed by atoms with Crippen molar-refractivity contribution in [3.63, 3.8) is 0 Å². The van der Waals surface area contributed by atoms with E-state index in [9.17, 15) is 0 Å². The lowest BCUT2D eigenvalue weighted by Gasteiger charge is -2.04. The van der Waals surface area contributed by atoms with Gasteiger partial charge in [0, 0.05) is 4.88 Å². The van der Waals surface area contributed by atoms with Gasteiger partial charge in [0.15, 0.2) is 11.6 Å². The van der Waals surface area contributed by atoms with Crippen LogP contribution < -0.4 is 10.5 Å². The van der Waals surface area contributed by atoms with Crippen molar-refractivity contribution in [3.8, 4) is 27.5 Å². The molecule has 0 amide bonds. The van der Waals surface area contributed by atoms with Crippen LogP contribution in [0.1, 0.15) is 11.8 Å². The molecule has 2 aromatic heterocycles. The summed E-state index contributed by atoms with van der Waals surface area (Å²) >= 11 is 1.70. The number of ether oxygens (including phenoxy) is 1. The van der Waals surface area contributed by atoms with Crippen molar-refractivity contribution in [1.29, 1.82) is 0 Å². The van der Waals surface area contributed by atoms with E-state index in [-0.39, 0.29) is 0 Å². The van der Waals surface area contributed by atoms with Crippen LogP contribution in [0.3, 0.4) is 0 Å². The minimum absolute atomic E-state index is 0.393. The third kappa shape index (κ3) is 2.52. The molecule has 3 aromatic rings. The van der Waals surface area contributed by atoms with E-state index in [2.05, 4.69) is 18.1 Å². The number of nitrogen functional groups attached to an aromatic ring is 1. The quantitative estimate of drug-likeness (QED) is 0.783. The van der Waals surface area contributed by atoms with Gasteiger partial charge >= 0.3 is 0 Å². The molecule has 21 heavy (non-hydrogen) atoms. The van der Waals surface area contributed by atoms with Crippen LogP contribution in [-0.4, -0.2) is 12.3 Å². The zero-order valence-electron chi connectivity index (χ0n) is 11.9. The fourth-order valence-electron chi connectivity index (χ4n) is 2.22. The maximum atomic E-state index is 6.00. The number of thiophene rings is 1. The van der Waals surface area contributed by atoms with E-state index in [0.717, 1.165) is 28.2 Å². The topological polar surface area (TPSA) is 61.3 Å². The fourth-order valence-corrected chi connectivity index (χ4v) is 3.15. The number of hydrogen-bond acceptors (Lipinski definition) is 5. The standard InChI is InChI=1S/C16H16N2O2S/c1-3-12-7-8-13(21-12)15-14(16(17)18-20-15)10-5-4-6-11(9-10)19-2/h4-9H,3H2,1-2H3,(H2,17,18). The lowest BCUT2D eigenvalue weighted by Crippen LogP contribution is -1.89. The summed E-state index contributed by atoms with van der Waals surface area (Å²) in [5, 5.41) is 3.93. The first-order valence-corrected chi connectivity index (χ1v) is 7.53. The van der Waals surface area contributed by atoms with Crippen LogP contribution in [0.15, 0.2) is 40.9 Å². The number of methoxy groups -OCH3 is 1. The summed E-state index contributed by atoms with van der Waals surface area (Å²) in [6.45, 7) is 2.13. The van der Waals surface area contributed by atoms with E-state index in [1.807, 2.05) is 30.3 Å². The Labute approximate surface area is 127 Å². The van der Waals surface area contributed by atoms with Gasteiger partial charge in [0.1, 0.15) is 5.75 Å². The molecule has 0 atom stereocenters. The Morgan fingerprint density at radius 1 is 1.29 bits per heavy atom. The molecule has 0 fully saturated rings. The van der Waals surface area contributed by atoms with Gasteiger partial charge in [0.25, 0.3) is 0 Å². The Hall–Kier alpha value is -2.27. The molecule has 0 bridgehead atoms. The van der Waals surface area contributed by atoms with Gasteiger partial charge in [-0.25, -0.2) is 0 Å². The molecule has 0 radical (unpaired) electrons. The van der Waals surface area contributed by atoms with Crippen LogP contribution in [-0.2, 0) is 6.42 Å². The van der Waals surface area contributed by atoms with Crippen molar-refractivity contribution in [3.05, 3.63) is 41.3 Å². The summed E-state index contributed by atoms with van der Waals surface area (Å²) in [4.78, 5) is 2.34. The summed E-state index contributed by atoms with van der Waals surface area (Å²) in [6.07, 6.45) is 1.00. The van der Waals surface area contributed by atoms with Crippen molar-refractivity contribution in [2.75, 3.05) is 12.8 Å². The summed E-state index contributed by atoms with van der Waals surface area (Å²) in [5.41, 5.74) is 7.76. The third-order valence-electron chi connectivity index (χ3n) is 3.31. The van der Waals surface area contributed by atoms with Crippen molar-refractivity contribution >= 4 is 17.2 Å². The highest BCUT2D eigenvalue weighted by Crippen LogP contribution is 2.40. The molecule has 0 aliphatic carbocycles. The zero-order chi connectivity index (χ0) is 14.8. The predicted octanol–water partition coefficient (Wildman–Crippen LogP) is 4.22. The van der Waals surface area contributed by atoms with Crippen molar-refractivity contribution in [2.45, 2.75) is 13.3 Å². The van der Waals surface area contributed by atoms with Crippen LogP contribution in [0, 0.1) is 0 Å². The largest absolute Gasteiger partial charge is 0.497 e. The molecule has 5 heteroatoms. The predicted molar refractivity (Wildman–Crippen MR) is 85.6 cm³/mol. The molecule has 0 unspecified atom stereocenters. The number of nitrogens with two attached hydrogens (primary N) is 1. The van der Waals surface area contributed by atoms with Gasteiger partial charge in [-0.3, -0.25) is 0 Å². The lowest BCUT2D eigenvalue weighted by molar-refractivity contribution is 0.415. The van der Waals surface area contributed by atoms with Gasteiger partial charge in [-0.15, -0.1) is 11.3 Å². The van der Waals surface area contributed by atoms with Crippen LogP contribution in [0.2, 0.25) is 0 Å². The minimum atomic E-state index is 0.393. The van der Waals surface area contributed by atoms with Gasteiger partial charge in [-0.1, -0.05) is 24.2 Å². The van der Waals surface area contributed by atoms with Gasteiger partial charge in [0.05, 0.1) is 17.6 Å². The van der Waals surface area contributed by atoms with Crippen molar-refractivity contribution in [1.82, 2.24) is 5.16 Å². The second kappa shape index (κ2) is 5.61. The molecular weight excluding hydrogens is 284 g/mol. The average molecular weight is 300 g/mol. The van der Waals surface area contributed by atoms with E-state index in [0.29, 0.717) is 11.6 Å². The Morgan fingerprint density at radius 3 is 2.86 bits per heavy atom. The molecule has 2 heterocycles. The van der Waals surface area contributed by atoms with Crippen LogP contribution >= 0.6 is 11.3 Å². The third-order valence-corrected chi connectivity index (χ3v) is 4.54. The molecular formula is C16H16N2O2S. The molecule has 4 nitrogen and oxygen atoms in total. The monoisotopic (exact) mass is 300 g/mol. The van der Waals surface area contributed by atoms with Crippen LogP contribution in [0.25, 0.3) is 21.8 Å². The van der Waals surface area contributed by atoms with Gasteiger partial charge < -0.3 is 15.0 Å². The lowest BCUT2D eigenvalue weighted by atomic mass is 10.0. The number of aromatic nitrogens is 1. The van der Waals surface area contributed by atoms with Gasteiger partial charge in [-0.05, 0) is 36.2 Å². The molecule has 0 saturated heterocycles. The highest BCUT2D eigenvalue weighted by Gasteiger charge is 2.19. The van der Waals surface area contributed by atoms with Gasteiger partial charge in [0.2, 0.25) is 0 Å². The number of nitrogens with zero attached hydrogens (tertiary/aromatic N) is 1. The second-order valence-electron chi connectivity index (χ2n) is 4.62. The summed E-state index contributed by atoms with van der Waals surface area (Å²) < 4.78 is 10.7. The van der Waals surface area contributed by atoms with Crippen LogP contribution in [0.5, 0.6) is 5.75 Å². The van der Waals surface area contributed by atoms with E-state index in [1.165, 1.54) is 4.88 Å². The molecule has 0 saturated carbocycles. The number of aryl methyl sites for hydroxylation is 1. The summed E-state index contributed by atoms with van der Waals surface area (Å²) in [6, 6.07) is 11.9. The molecule has 0 aliphatic rings. The Bertz CT molecular complexity index is 761. The van der Waals surface area contributed by atoms with Crippen LogP contribution in [0.4, 0.5) is 5.82 Å². The van der Waals surface area contributed by atoms with Crippen molar-refractivity contribution < 1.29 is 9.26 Å². The first-order chi connectivity index (χ1) is 10.2. The zero-order valence-corrected chi connectivity index (χ0v) is 12.7. The number of rotatable bonds is 4. The average Bonchev–Trinajstić information content (AvgIpc) is 3.13. The van der Waals surface area contributed by atoms with E-state index < -0.39 is 0 Å². The molecule has 0 aliphatic heterocycles. The second-order valence-corrected chi connectivity index (χ2v) is 5.79. The number of hydrogen-bond donors (Lipinski definition) is 1. The summed E-state index contributed by atoms with van der Waals surface area (Å²) in [7, 11) is 1.64. The Kier molecular flexibility index (Phi) is 3.66. The first kappa shape index (κ1) is 13.7. The maximum Gasteiger partial charge on any atom is 0.186 e. The number of benzene rings is 1. The first-order valence-electron chi connectivity index (χ1n) is 6.71. The SMILES string of the molecule is CCc1ccc(-c2onc(N)c2-c2cccc(OC)c2)s1. The summed E-state index contributed by atoms with van der Waals surface area (Å²) in [5.74, 6) is 1.88. The highest BCUT2D eigenvalue weighted by atomic mass is 32.1. The van der Waals surface area contributed by atoms with Crippen molar-refractivity contribution in [2.24, 2.45) is 0 Å². The van der Waals surface area contributed by atoms with E-state index >= 15 is 0 Å². The van der Waals surface area contributed by atoms with Gasteiger partial charge in [-0.2, -0.15) is 0 Å². The van der Waals surface area contributed by atoms with E-state index in [4.69, 9.17) is 15.0 Å². The number of anilines is 1. The molecule has 108 valence electrons. The fraction of sp³-hybridized carbons (Fsp3) is 0.188. The maximum absolute atomic E-state index is 6.00. The normalized spacial score (nSPS) is 10.8.